The second-order valence-electron chi connectivity index (χ2n) is 3.95. The number of hydrogen-bond donors (Lipinski definition) is 2. The fourth-order valence-corrected chi connectivity index (χ4v) is 2.47. The quantitative estimate of drug-likeness (QED) is 0.815. The van der Waals surface area contributed by atoms with Crippen LogP contribution >= 0.6 is 0 Å². The summed E-state index contributed by atoms with van der Waals surface area (Å²) in [5.41, 5.74) is 0.0417. The molecule has 0 fully saturated rings. The van der Waals surface area contributed by atoms with Crippen molar-refractivity contribution in [3.63, 3.8) is 0 Å². The van der Waals surface area contributed by atoms with Gasteiger partial charge in [-0.05, 0) is 31.2 Å². The number of hydrogen-bond acceptors (Lipinski definition) is 5. The van der Waals surface area contributed by atoms with Crippen molar-refractivity contribution in [3.05, 3.63) is 41.8 Å². The van der Waals surface area contributed by atoms with E-state index in [-0.39, 0.29) is 23.0 Å². The Morgan fingerprint density at radius 1 is 1.38 bits per heavy atom. The summed E-state index contributed by atoms with van der Waals surface area (Å²) in [6.45, 7) is 1.78. The summed E-state index contributed by atoms with van der Waals surface area (Å²) in [4.78, 5) is 11.4. The number of sulfonamides is 1. The SMILES string of the molecule is CCOC(=O)c1cc(S(=O)(=O)Nc2ccc(F)cc2)[nH]n1. The molecule has 0 bridgehead atoms. The van der Waals surface area contributed by atoms with Crippen molar-refractivity contribution in [2.24, 2.45) is 0 Å². The monoisotopic (exact) mass is 313 g/mol. The zero-order chi connectivity index (χ0) is 15.5. The molecule has 2 aromatic rings. The van der Waals surface area contributed by atoms with Gasteiger partial charge in [0, 0.05) is 11.8 Å². The summed E-state index contributed by atoms with van der Waals surface area (Å²) >= 11 is 0. The van der Waals surface area contributed by atoms with Crippen LogP contribution in [-0.4, -0.2) is 31.2 Å². The lowest BCUT2D eigenvalue weighted by Crippen LogP contribution is -2.13. The van der Waals surface area contributed by atoms with E-state index in [9.17, 15) is 17.6 Å². The first-order chi connectivity index (χ1) is 9.92. The van der Waals surface area contributed by atoms with Crippen LogP contribution in [0.15, 0.2) is 35.4 Å². The number of benzene rings is 1. The van der Waals surface area contributed by atoms with Crippen molar-refractivity contribution in [3.8, 4) is 0 Å². The molecule has 0 amide bonds. The molecule has 1 aromatic carbocycles. The van der Waals surface area contributed by atoms with E-state index in [0.29, 0.717) is 0 Å². The van der Waals surface area contributed by atoms with Crippen LogP contribution in [0.1, 0.15) is 17.4 Å². The summed E-state index contributed by atoms with van der Waals surface area (Å²) in [5, 5.41) is 5.52. The third kappa shape index (κ3) is 3.57. The molecular weight excluding hydrogens is 301 g/mol. The summed E-state index contributed by atoms with van der Waals surface area (Å²) in [5.74, 6) is -1.21. The number of carbonyl (C=O) groups excluding carboxylic acids is 1. The van der Waals surface area contributed by atoms with Gasteiger partial charge in [0.15, 0.2) is 10.7 Å². The van der Waals surface area contributed by atoms with Crippen LogP contribution in [0.2, 0.25) is 0 Å². The molecule has 1 aromatic heterocycles. The second kappa shape index (κ2) is 5.92. The summed E-state index contributed by atoms with van der Waals surface area (Å²) in [6, 6.07) is 5.85. The van der Waals surface area contributed by atoms with E-state index in [4.69, 9.17) is 4.74 Å². The predicted octanol–water partition coefficient (Wildman–Crippen LogP) is 1.53. The molecule has 2 rings (SSSR count). The molecule has 0 spiro atoms. The van der Waals surface area contributed by atoms with Gasteiger partial charge in [-0.2, -0.15) is 13.5 Å². The van der Waals surface area contributed by atoms with Crippen LogP contribution < -0.4 is 4.72 Å². The van der Waals surface area contributed by atoms with Crippen LogP contribution in [0, 0.1) is 5.82 Å². The molecule has 0 aliphatic carbocycles. The summed E-state index contributed by atoms with van der Waals surface area (Å²) < 4.78 is 43.8. The van der Waals surface area contributed by atoms with Crippen molar-refractivity contribution >= 4 is 21.7 Å². The Labute approximate surface area is 120 Å². The molecule has 0 aliphatic heterocycles. The molecule has 21 heavy (non-hydrogen) atoms. The molecule has 0 radical (unpaired) electrons. The maximum atomic E-state index is 12.8. The van der Waals surface area contributed by atoms with Crippen molar-refractivity contribution in [1.29, 1.82) is 0 Å². The molecular formula is C12H12FN3O4S. The summed E-state index contributed by atoms with van der Waals surface area (Å²) in [7, 11) is -3.95. The molecule has 9 heteroatoms. The molecule has 0 atom stereocenters. The topological polar surface area (TPSA) is 101 Å². The predicted molar refractivity (Wildman–Crippen MR) is 71.8 cm³/mol. The maximum Gasteiger partial charge on any atom is 0.358 e. The third-order valence-electron chi connectivity index (χ3n) is 2.42. The highest BCUT2D eigenvalue weighted by atomic mass is 32.2. The lowest BCUT2D eigenvalue weighted by atomic mass is 10.3. The van der Waals surface area contributed by atoms with Gasteiger partial charge in [0.25, 0.3) is 10.0 Å². The van der Waals surface area contributed by atoms with E-state index < -0.39 is 21.8 Å². The molecule has 112 valence electrons. The highest BCUT2D eigenvalue weighted by Crippen LogP contribution is 2.15. The number of aromatic nitrogens is 2. The van der Waals surface area contributed by atoms with Gasteiger partial charge in [-0.3, -0.25) is 9.82 Å². The van der Waals surface area contributed by atoms with Crippen LogP contribution in [-0.2, 0) is 14.8 Å². The smallest absolute Gasteiger partial charge is 0.358 e. The minimum atomic E-state index is -3.95. The van der Waals surface area contributed by atoms with Crippen molar-refractivity contribution < 1.29 is 22.3 Å². The highest BCUT2D eigenvalue weighted by molar-refractivity contribution is 7.92. The molecule has 0 aliphatic rings. The van der Waals surface area contributed by atoms with Gasteiger partial charge in [0.05, 0.1) is 6.61 Å². The van der Waals surface area contributed by atoms with Crippen LogP contribution in [0.25, 0.3) is 0 Å². The average molecular weight is 313 g/mol. The van der Waals surface area contributed by atoms with Crippen molar-refractivity contribution in [2.45, 2.75) is 11.9 Å². The van der Waals surface area contributed by atoms with E-state index in [1.165, 1.54) is 12.1 Å². The fraction of sp³-hybridized carbons (Fsp3) is 0.167. The Hall–Kier alpha value is -2.42. The van der Waals surface area contributed by atoms with E-state index in [0.717, 1.165) is 18.2 Å². The number of ether oxygens (including phenoxy) is 1. The number of rotatable bonds is 5. The molecule has 1 heterocycles. The number of nitrogens with zero attached hydrogens (tertiary/aromatic N) is 1. The van der Waals surface area contributed by atoms with E-state index >= 15 is 0 Å². The molecule has 0 saturated carbocycles. The largest absolute Gasteiger partial charge is 0.461 e. The minimum Gasteiger partial charge on any atom is -0.461 e. The standard InChI is InChI=1S/C12H12FN3O4S/c1-2-20-12(17)10-7-11(15-14-10)21(18,19)16-9-5-3-8(13)4-6-9/h3-7,16H,2H2,1H3,(H,14,15). The molecule has 0 unspecified atom stereocenters. The number of carbonyl (C=O) groups is 1. The van der Waals surface area contributed by atoms with Crippen molar-refractivity contribution in [1.82, 2.24) is 10.2 Å². The van der Waals surface area contributed by atoms with Crippen LogP contribution in [0.3, 0.4) is 0 Å². The lowest BCUT2D eigenvalue weighted by Gasteiger charge is -2.05. The second-order valence-corrected chi connectivity index (χ2v) is 5.60. The van der Waals surface area contributed by atoms with Crippen LogP contribution in [0.4, 0.5) is 10.1 Å². The van der Waals surface area contributed by atoms with Gasteiger partial charge in [-0.15, -0.1) is 0 Å². The van der Waals surface area contributed by atoms with E-state index in [2.05, 4.69) is 14.9 Å². The number of aromatic amines is 1. The lowest BCUT2D eigenvalue weighted by molar-refractivity contribution is 0.0519. The number of H-pyrrole nitrogens is 1. The molecule has 0 saturated heterocycles. The van der Waals surface area contributed by atoms with E-state index in [1.54, 1.807) is 6.92 Å². The number of esters is 1. The zero-order valence-electron chi connectivity index (χ0n) is 11.0. The van der Waals surface area contributed by atoms with Gasteiger partial charge >= 0.3 is 5.97 Å². The Balaban J connectivity index is 2.20. The molecule has 2 N–H and O–H groups in total. The number of nitrogens with one attached hydrogen (secondary N) is 2. The average Bonchev–Trinajstić information content (AvgIpc) is 2.92. The minimum absolute atomic E-state index is 0.142. The van der Waals surface area contributed by atoms with Gasteiger partial charge < -0.3 is 4.74 Å². The van der Waals surface area contributed by atoms with Gasteiger partial charge in [0.2, 0.25) is 0 Å². The van der Waals surface area contributed by atoms with Crippen molar-refractivity contribution in [2.75, 3.05) is 11.3 Å². The first kappa shape index (κ1) is 15.0. The number of anilines is 1. The highest BCUT2D eigenvalue weighted by Gasteiger charge is 2.20. The zero-order valence-corrected chi connectivity index (χ0v) is 11.8. The molecule has 7 nitrogen and oxygen atoms in total. The number of halogens is 1. The normalized spacial score (nSPS) is 11.1. The Morgan fingerprint density at radius 2 is 2.05 bits per heavy atom. The first-order valence-electron chi connectivity index (χ1n) is 5.93. The third-order valence-corrected chi connectivity index (χ3v) is 3.72. The Kier molecular flexibility index (Phi) is 4.22. The summed E-state index contributed by atoms with van der Waals surface area (Å²) in [6.07, 6.45) is 0. The fourth-order valence-electron chi connectivity index (χ4n) is 1.48. The van der Waals surface area contributed by atoms with Gasteiger partial charge in [0.1, 0.15) is 5.82 Å². The Morgan fingerprint density at radius 3 is 2.67 bits per heavy atom. The maximum absolute atomic E-state index is 12.8. The van der Waals surface area contributed by atoms with Gasteiger partial charge in [-0.1, -0.05) is 0 Å². The van der Waals surface area contributed by atoms with Gasteiger partial charge in [-0.25, -0.2) is 9.18 Å². The Bertz CT molecular complexity index is 740. The first-order valence-corrected chi connectivity index (χ1v) is 7.41. The van der Waals surface area contributed by atoms with Crippen LogP contribution in [0.5, 0.6) is 0 Å². The van der Waals surface area contributed by atoms with E-state index in [1.807, 2.05) is 0 Å².